The van der Waals surface area contributed by atoms with E-state index in [4.69, 9.17) is 9.47 Å². The van der Waals surface area contributed by atoms with Crippen molar-refractivity contribution in [3.05, 3.63) is 23.8 Å². The minimum atomic E-state index is -0.101. The monoisotopic (exact) mass is 294 g/mol. The molecule has 0 bridgehead atoms. The summed E-state index contributed by atoms with van der Waals surface area (Å²) in [6.45, 7) is 9.42. The summed E-state index contributed by atoms with van der Waals surface area (Å²) in [6, 6.07) is 5.28. The van der Waals surface area contributed by atoms with E-state index in [0.29, 0.717) is 36.8 Å². The Balaban J connectivity index is 2.69. The number of ether oxygens (including phenoxy) is 2. The molecule has 0 fully saturated rings. The molecule has 1 rings (SSSR count). The van der Waals surface area contributed by atoms with Crippen molar-refractivity contribution in [1.29, 1.82) is 0 Å². The van der Waals surface area contributed by atoms with Crippen LogP contribution in [0.15, 0.2) is 18.2 Å². The smallest absolute Gasteiger partial charge is 0.251 e. The van der Waals surface area contributed by atoms with Gasteiger partial charge in [0.05, 0.1) is 13.2 Å². The van der Waals surface area contributed by atoms with Crippen LogP contribution in [0.5, 0.6) is 11.5 Å². The molecule has 0 heterocycles. The van der Waals surface area contributed by atoms with Gasteiger partial charge in [0.2, 0.25) is 0 Å². The normalized spacial score (nSPS) is 10.2. The number of benzene rings is 1. The van der Waals surface area contributed by atoms with Gasteiger partial charge in [-0.1, -0.05) is 13.8 Å². The number of nitrogens with one attached hydrogen (secondary N) is 2. The quantitative estimate of drug-likeness (QED) is 0.650. The Morgan fingerprint density at radius 3 is 2.57 bits per heavy atom. The average molecular weight is 294 g/mol. The Bertz CT molecular complexity index is 436. The molecule has 0 saturated carbocycles. The third-order valence-corrected chi connectivity index (χ3v) is 2.80. The first-order valence-electron chi connectivity index (χ1n) is 7.61. The van der Waals surface area contributed by atoms with Gasteiger partial charge in [-0.3, -0.25) is 4.79 Å². The van der Waals surface area contributed by atoms with Gasteiger partial charge >= 0.3 is 0 Å². The molecule has 0 aliphatic rings. The van der Waals surface area contributed by atoms with Gasteiger partial charge in [0, 0.05) is 18.7 Å². The second kappa shape index (κ2) is 10.0. The Labute approximate surface area is 127 Å². The maximum Gasteiger partial charge on any atom is 0.251 e. The van der Waals surface area contributed by atoms with Crippen LogP contribution in [0.4, 0.5) is 0 Å². The van der Waals surface area contributed by atoms with E-state index in [0.717, 1.165) is 19.5 Å². The zero-order valence-electron chi connectivity index (χ0n) is 13.2. The molecule has 0 atom stereocenters. The number of hydrogen-bond donors (Lipinski definition) is 2. The van der Waals surface area contributed by atoms with E-state index in [1.54, 1.807) is 18.2 Å². The van der Waals surface area contributed by atoms with Crippen LogP contribution >= 0.6 is 0 Å². The Hall–Kier alpha value is -1.75. The summed E-state index contributed by atoms with van der Waals surface area (Å²) in [6.07, 6.45) is 0.929. The SMILES string of the molecule is CCCOc1ccc(C(=O)NCCNCC)cc1OCC. The lowest BCUT2D eigenvalue weighted by atomic mass is 10.2. The van der Waals surface area contributed by atoms with E-state index in [1.165, 1.54) is 0 Å². The molecular weight excluding hydrogens is 268 g/mol. The molecule has 5 heteroatoms. The molecule has 0 spiro atoms. The number of rotatable bonds is 10. The van der Waals surface area contributed by atoms with E-state index in [2.05, 4.69) is 10.6 Å². The zero-order chi connectivity index (χ0) is 15.5. The average Bonchev–Trinajstić information content (AvgIpc) is 2.50. The van der Waals surface area contributed by atoms with Crippen molar-refractivity contribution in [3.8, 4) is 11.5 Å². The van der Waals surface area contributed by atoms with Gasteiger partial charge in [0.25, 0.3) is 5.91 Å². The van der Waals surface area contributed by atoms with Crippen LogP contribution in [0, 0.1) is 0 Å². The lowest BCUT2D eigenvalue weighted by Crippen LogP contribution is -2.31. The van der Waals surface area contributed by atoms with Crippen LogP contribution in [0.2, 0.25) is 0 Å². The lowest BCUT2D eigenvalue weighted by Gasteiger charge is -2.13. The molecule has 0 unspecified atom stereocenters. The lowest BCUT2D eigenvalue weighted by molar-refractivity contribution is 0.0953. The summed E-state index contributed by atoms with van der Waals surface area (Å²) < 4.78 is 11.2. The molecule has 2 N–H and O–H groups in total. The maximum absolute atomic E-state index is 12.1. The van der Waals surface area contributed by atoms with E-state index in [-0.39, 0.29) is 5.91 Å². The molecule has 0 saturated heterocycles. The van der Waals surface area contributed by atoms with Gasteiger partial charge in [-0.2, -0.15) is 0 Å². The number of amides is 1. The van der Waals surface area contributed by atoms with Gasteiger partial charge in [-0.25, -0.2) is 0 Å². The van der Waals surface area contributed by atoms with Crippen molar-refractivity contribution >= 4 is 5.91 Å². The van der Waals surface area contributed by atoms with Crippen LogP contribution in [0.25, 0.3) is 0 Å². The fraction of sp³-hybridized carbons (Fsp3) is 0.562. The summed E-state index contributed by atoms with van der Waals surface area (Å²) >= 11 is 0. The van der Waals surface area contributed by atoms with Crippen LogP contribution in [-0.2, 0) is 0 Å². The third-order valence-electron chi connectivity index (χ3n) is 2.80. The van der Waals surface area contributed by atoms with E-state index >= 15 is 0 Å². The second-order valence-electron chi connectivity index (χ2n) is 4.55. The van der Waals surface area contributed by atoms with Crippen molar-refractivity contribution < 1.29 is 14.3 Å². The molecule has 0 aromatic heterocycles. The molecule has 1 aromatic carbocycles. The molecule has 0 radical (unpaired) electrons. The van der Waals surface area contributed by atoms with Gasteiger partial charge in [-0.15, -0.1) is 0 Å². The van der Waals surface area contributed by atoms with Crippen molar-refractivity contribution in [1.82, 2.24) is 10.6 Å². The number of likely N-dealkylation sites (N-methyl/N-ethyl adjacent to an activating group) is 1. The number of carbonyl (C=O) groups excluding carboxylic acids is 1. The maximum atomic E-state index is 12.1. The van der Waals surface area contributed by atoms with Gasteiger partial charge in [0.1, 0.15) is 0 Å². The Morgan fingerprint density at radius 2 is 1.90 bits per heavy atom. The van der Waals surface area contributed by atoms with Gasteiger partial charge in [-0.05, 0) is 38.1 Å². The van der Waals surface area contributed by atoms with Gasteiger partial charge < -0.3 is 20.1 Å². The van der Waals surface area contributed by atoms with Crippen LogP contribution in [0.3, 0.4) is 0 Å². The van der Waals surface area contributed by atoms with E-state index < -0.39 is 0 Å². The van der Waals surface area contributed by atoms with Crippen LogP contribution in [-0.4, -0.2) is 38.8 Å². The Kier molecular flexibility index (Phi) is 8.28. The van der Waals surface area contributed by atoms with Crippen molar-refractivity contribution in [2.24, 2.45) is 0 Å². The largest absolute Gasteiger partial charge is 0.490 e. The molecule has 118 valence electrons. The Morgan fingerprint density at radius 1 is 1.10 bits per heavy atom. The van der Waals surface area contributed by atoms with Crippen LogP contribution < -0.4 is 20.1 Å². The highest BCUT2D eigenvalue weighted by atomic mass is 16.5. The molecule has 0 aliphatic heterocycles. The van der Waals surface area contributed by atoms with Crippen LogP contribution in [0.1, 0.15) is 37.6 Å². The minimum absolute atomic E-state index is 0.101. The summed E-state index contributed by atoms with van der Waals surface area (Å²) in [4.78, 5) is 12.1. The second-order valence-corrected chi connectivity index (χ2v) is 4.55. The van der Waals surface area contributed by atoms with E-state index in [9.17, 15) is 4.79 Å². The van der Waals surface area contributed by atoms with E-state index in [1.807, 2.05) is 20.8 Å². The highest BCUT2D eigenvalue weighted by Crippen LogP contribution is 2.28. The first-order valence-corrected chi connectivity index (χ1v) is 7.61. The molecule has 1 amide bonds. The highest BCUT2D eigenvalue weighted by Gasteiger charge is 2.11. The third kappa shape index (κ3) is 6.04. The summed E-state index contributed by atoms with van der Waals surface area (Å²) in [7, 11) is 0. The summed E-state index contributed by atoms with van der Waals surface area (Å²) in [5.41, 5.74) is 0.582. The predicted octanol–water partition coefficient (Wildman–Crippen LogP) is 2.21. The molecule has 21 heavy (non-hydrogen) atoms. The molecular formula is C16H26N2O3. The standard InChI is InChI=1S/C16H26N2O3/c1-4-11-21-14-8-7-13(12-15(14)20-6-3)16(19)18-10-9-17-5-2/h7-8,12,17H,4-6,9-11H2,1-3H3,(H,18,19). The zero-order valence-corrected chi connectivity index (χ0v) is 13.2. The summed E-state index contributed by atoms with van der Waals surface area (Å²) in [5.74, 6) is 1.20. The molecule has 0 aliphatic carbocycles. The minimum Gasteiger partial charge on any atom is -0.490 e. The van der Waals surface area contributed by atoms with Crippen molar-refractivity contribution in [3.63, 3.8) is 0 Å². The first-order chi connectivity index (χ1) is 10.2. The fourth-order valence-electron chi connectivity index (χ4n) is 1.79. The molecule has 5 nitrogen and oxygen atoms in total. The van der Waals surface area contributed by atoms with Crippen molar-refractivity contribution in [2.75, 3.05) is 32.8 Å². The number of carbonyl (C=O) groups is 1. The summed E-state index contributed by atoms with van der Waals surface area (Å²) in [5, 5.41) is 6.03. The number of hydrogen-bond acceptors (Lipinski definition) is 4. The predicted molar refractivity (Wildman–Crippen MR) is 84.3 cm³/mol. The fourth-order valence-corrected chi connectivity index (χ4v) is 1.79. The topological polar surface area (TPSA) is 59.6 Å². The van der Waals surface area contributed by atoms with Gasteiger partial charge in [0.15, 0.2) is 11.5 Å². The van der Waals surface area contributed by atoms with Crippen molar-refractivity contribution in [2.45, 2.75) is 27.2 Å². The first kappa shape index (κ1) is 17.3. The molecule has 1 aromatic rings. The highest BCUT2D eigenvalue weighted by molar-refractivity contribution is 5.94.